The fourth-order valence-corrected chi connectivity index (χ4v) is 2.41. The van der Waals surface area contributed by atoms with Crippen molar-refractivity contribution in [2.75, 3.05) is 27.3 Å². The number of aliphatic hydroxyl groups excluding tert-OH is 1. The molecule has 1 aliphatic carbocycles. The normalized spacial score (nSPS) is 26.6. The van der Waals surface area contributed by atoms with Crippen LogP contribution in [0.2, 0.25) is 0 Å². The molecule has 0 heterocycles. The Labute approximate surface area is 103 Å². The average Bonchev–Trinajstić information content (AvgIpc) is 2.28. The number of ether oxygens (including phenoxy) is 1. The van der Waals surface area contributed by atoms with Crippen molar-refractivity contribution in [1.82, 2.24) is 4.90 Å². The number of rotatable bonds is 5. The molecule has 1 fully saturated rings. The third-order valence-electron chi connectivity index (χ3n) is 3.28. The van der Waals surface area contributed by atoms with E-state index in [0.29, 0.717) is 6.54 Å². The molecule has 1 rings (SSSR count). The van der Waals surface area contributed by atoms with Crippen LogP contribution in [0.5, 0.6) is 0 Å². The summed E-state index contributed by atoms with van der Waals surface area (Å²) in [5.41, 5.74) is 5.87. The second-order valence-corrected chi connectivity index (χ2v) is 4.95. The fourth-order valence-electron chi connectivity index (χ4n) is 2.41. The molecular formula is C12H24N2O3. The van der Waals surface area contributed by atoms with Gasteiger partial charge in [0.15, 0.2) is 0 Å². The molecular weight excluding hydrogens is 220 g/mol. The predicted molar refractivity (Wildman–Crippen MR) is 65.5 cm³/mol. The van der Waals surface area contributed by atoms with E-state index < -0.39 is 6.10 Å². The zero-order valence-corrected chi connectivity index (χ0v) is 10.8. The number of likely N-dealkylation sites (N-methyl/N-ethyl adjacent to an activating group) is 1. The first kappa shape index (κ1) is 14.4. The van der Waals surface area contributed by atoms with Crippen molar-refractivity contribution in [1.29, 1.82) is 0 Å². The molecule has 0 aromatic carbocycles. The van der Waals surface area contributed by atoms with Crippen molar-refractivity contribution in [2.45, 2.75) is 37.8 Å². The maximum Gasteiger partial charge on any atom is 0.225 e. The smallest absolute Gasteiger partial charge is 0.225 e. The zero-order chi connectivity index (χ0) is 12.8. The van der Waals surface area contributed by atoms with Gasteiger partial charge in [0, 0.05) is 32.7 Å². The maximum atomic E-state index is 12.1. The molecule has 0 spiro atoms. The highest BCUT2D eigenvalue weighted by atomic mass is 16.5. The predicted octanol–water partition coefficient (Wildman–Crippen LogP) is -0.0304. The van der Waals surface area contributed by atoms with Crippen LogP contribution in [0.3, 0.4) is 0 Å². The Balaban J connectivity index is 2.39. The van der Waals surface area contributed by atoms with Crippen LogP contribution in [0, 0.1) is 5.92 Å². The highest BCUT2D eigenvalue weighted by molar-refractivity contribution is 5.78. The molecule has 17 heavy (non-hydrogen) atoms. The Kier molecular flexibility index (Phi) is 5.88. The van der Waals surface area contributed by atoms with Crippen molar-refractivity contribution in [3.05, 3.63) is 0 Å². The third kappa shape index (κ3) is 4.61. The Morgan fingerprint density at radius 3 is 2.88 bits per heavy atom. The Morgan fingerprint density at radius 1 is 1.59 bits per heavy atom. The van der Waals surface area contributed by atoms with Crippen LogP contribution in [0.1, 0.15) is 25.7 Å². The summed E-state index contributed by atoms with van der Waals surface area (Å²) in [6, 6.07) is 0.148. The quantitative estimate of drug-likeness (QED) is 0.712. The second-order valence-electron chi connectivity index (χ2n) is 4.95. The summed E-state index contributed by atoms with van der Waals surface area (Å²) in [5.74, 6) is 0.119. The molecule has 5 heteroatoms. The largest absolute Gasteiger partial charge is 0.389 e. The first-order valence-corrected chi connectivity index (χ1v) is 6.22. The van der Waals surface area contributed by atoms with E-state index in [2.05, 4.69) is 0 Å². The molecule has 3 atom stereocenters. The number of hydrogen-bond acceptors (Lipinski definition) is 4. The van der Waals surface area contributed by atoms with Crippen LogP contribution in [-0.4, -0.2) is 55.4 Å². The first-order valence-electron chi connectivity index (χ1n) is 6.22. The molecule has 3 N–H and O–H groups in total. The van der Waals surface area contributed by atoms with Crippen molar-refractivity contribution in [3.63, 3.8) is 0 Å². The van der Waals surface area contributed by atoms with Crippen molar-refractivity contribution in [2.24, 2.45) is 11.7 Å². The van der Waals surface area contributed by atoms with Crippen LogP contribution >= 0.6 is 0 Å². The van der Waals surface area contributed by atoms with E-state index in [9.17, 15) is 9.90 Å². The first-order chi connectivity index (χ1) is 8.04. The van der Waals surface area contributed by atoms with Gasteiger partial charge in [-0.3, -0.25) is 4.79 Å². The topological polar surface area (TPSA) is 75.8 Å². The summed E-state index contributed by atoms with van der Waals surface area (Å²) >= 11 is 0. The lowest BCUT2D eigenvalue weighted by Crippen LogP contribution is -2.42. The standard InChI is InChI=1S/C12H24N2O3/c1-14(7-11(15)8-17-2)12(16)9-4-3-5-10(13)6-9/h9-11,15H,3-8,13H2,1-2H3. The van der Waals surface area contributed by atoms with Gasteiger partial charge in [-0.1, -0.05) is 6.42 Å². The van der Waals surface area contributed by atoms with E-state index in [0.717, 1.165) is 25.7 Å². The molecule has 0 saturated heterocycles. The lowest BCUT2D eigenvalue weighted by molar-refractivity contribution is -0.137. The molecule has 0 aliphatic heterocycles. The van der Waals surface area contributed by atoms with Gasteiger partial charge >= 0.3 is 0 Å². The summed E-state index contributed by atoms with van der Waals surface area (Å²) in [4.78, 5) is 13.7. The molecule has 100 valence electrons. The minimum atomic E-state index is -0.619. The summed E-state index contributed by atoms with van der Waals surface area (Å²) in [7, 11) is 3.26. The Bertz CT molecular complexity index is 248. The van der Waals surface area contributed by atoms with Crippen LogP contribution < -0.4 is 5.73 Å². The van der Waals surface area contributed by atoms with E-state index in [1.165, 1.54) is 7.11 Å². The molecule has 0 aromatic rings. The van der Waals surface area contributed by atoms with E-state index >= 15 is 0 Å². The van der Waals surface area contributed by atoms with Gasteiger partial charge in [0.05, 0.1) is 12.7 Å². The van der Waals surface area contributed by atoms with E-state index in [4.69, 9.17) is 10.5 Å². The minimum absolute atomic E-state index is 0.0264. The Morgan fingerprint density at radius 2 is 2.29 bits per heavy atom. The fraction of sp³-hybridized carbons (Fsp3) is 0.917. The van der Waals surface area contributed by atoms with Crippen molar-refractivity contribution >= 4 is 5.91 Å². The SMILES string of the molecule is COCC(O)CN(C)C(=O)C1CCCC(N)C1. The van der Waals surface area contributed by atoms with Gasteiger partial charge in [-0.25, -0.2) is 0 Å². The van der Waals surface area contributed by atoms with E-state index in [1.54, 1.807) is 11.9 Å². The third-order valence-corrected chi connectivity index (χ3v) is 3.28. The molecule has 1 aliphatic rings. The van der Waals surface area contributed by atoms with Crippen molar-refractivity contribution < 1.29 is 14.6 Å². The highest BCUT2D eigenvalue weighted by Gasteiger charge is 2.28. The summed E-state index contributed by atoms with van der Waals surface area (Å²) < 4.78 is 4.84. The number of nitrogens with zero attached hydrogens (tertiary/aromatic N) is 1. The van der Waals surface area contributed by atoms with Gasteiger partial charge in [-0.2, -0.15) is 0 Å². The number of methoxy groups -OCH3 is 1. The second kappa shape index (κ2) is 6.93. The van der Waals surface area contributed by atoms with E-state index in [-0.39, 0.29) is 24.5 Å². The number of aliphatic hydroxyl groups is 1. The molecule has 1 amide bonds. The highest BCUT2D eigenvalue weighted by Crippen LogP contribution is 2.24. The van der Waals surface area contributed by atoms with Crippen LogP contribution in [-0.2, 0) is 9.53 Å². The van der Waals surface area contributed by atoms with Gasteiger partial charge < -0.3 is 20.5 Å². The Hall–Kier alpha value is -0.650. The summed E-state index contributed by atoms with van der Waals surface area (Å²) in [6.07, 6.45) is 3.10. The minimum Gasteiger partial charge on any atom is -0.389 e. The number of amides is 1. The molecule has 0 aromatic heterocycles. The number of carbonyl (C=O) groups excluding carboxylic acids is 1. The van der Waals surface area contributed by atoms with Gasteiger partial charge in [-0.05, 0) is 19.3 Å². The molecule has 3 unspecified atom stereocenters. The molecule has 0 bridgehead atoms. The molecule has 1 saturated carbocycles. The van der Waals surface area contributed by atoms with Crippen LogP contribution in [0.4, 0.5) is 0 Å². The maximum absolute atomic E-state index is 12.1. The summed E-state index contributed by atoms with van der Waals surface area (Å²) in [5, 5.41) is 9.58. The lowest BCUT2D eigenvalue weighted by atomic mass is 9.85. The number of nitrogens with two attached hydrogens (primary N) is 1. The number of hydrogen-bond donors (Lipinski definition) is 2. The monoisotopic (exact) mass is 244 g/mol. The van der Waals surface area contributed by atoms with Gasteiger partial charge in [0.1, 0.15) is 0 Å². The average molecular weight is 244 g/mol. The zero-order valence-electron chi connectivity index (χ0n) is 10.8. The van der Waals surface area contributed by atoms with Crippen molar-refractivity contribution in [3.8, 4) is 0 Å². The molecule has 5 nitrogen and oxygen atoms in total. The van der Waals surface area contributed by atoms with E-state index in [1.807, 2.05) is 0 Å². The number of carbonyl (C=O) groups is 1. The van der Waals surface area contributed by atoms with Gasteiger partial charge in [0.25, 0.3) is 0 Å². The van der Waals surface area contributed by atoms with Crippen LogP contribution in [0.15, 0.2) is 0 Å². The van der Waals surface area contributed by atoms with Gasteiger partial charge in [0.2, 0.25) is 5.91 Å². The van der Waals surface area contributed by atoms with Gasteiger partial charge in [-0.15, -0.1) is 0 Å². The van der Waals surface area contributed by atoms with Crippen LogP contribution in [0.25, 0.3) is 0 Å². The lowest BCUT2D eigenvalue weighted by Gasteiger charge is -2.30. The molecule has 0 radical (unpaired) electrons. The summed E-state index contributed by atoms with van der Waals surface area (Å²) in [6.45, 7) is 0.570.